The molecule has 1 heteroatoms. The van der Waals surface area contributed by atoms with E-state index < -0.39 is 0 Å². The standard InChI is InChI=1S/C34H30O/c1-29-21-11-5-7-13-23(21)30(2)25-19-33-17-9-10-18-34(33,28-16-15-27(33)35-28)20-26(25)31(3,32(29,30)4)24-14-8-6-12-22(24)29/h5-20,27-28H,1-4H3/t27-,28+,29?,30-,31+,32?,33?,34?. The van der Waals surface area contributed by atoms with Crippen LogP contribution < -0.4 is 0 Å². The van der Waals surface area contributed by atoms with Gasteiger partial charge >= 0.3 is 0 Å². The monoisotopic (exact) mass is 454 g/mol. The van der Waals surface area contributed by atoms with Gasteiger partial charge in [-0.2, -0.15) is 0 Å². The summed E-state index contributed by atoms with van der Waals surface area (Å²) in [6.45, 7) is 10.3. The van der Waals surface area contributed by atoms with Crippen LogP contribution in [-0.4, -0.2) is 12.2 Å². The molecule has 2 aromatic rings. The van der Waals surface area contributed by atoms with Gasteiger partial charge in [0.25, 0.3) is 0 Å². The van der Waals surface area contributed by atoms with E-state index in [9.17, 15) is 0 Å². The van der Waals surface area contributed by atoms with Gasteiger partial charge in [-0.25, -0.2) is 0 Å². The highest BCUT2D eigenvalue weighted by atomic mass is 16.5. The summed E-state index contributed by atoms with van der Waals surface area (Å²) < 4.78 is 6.65. The largest absolute Gasteiger partial charge is 0.364 e. The molecule has 2 aromatic carbocycles. The predicted octanol–water partition coefficient (Wildman–Crippen LogP) is 6.86. The molecule has 2 aliphatic heterocycles. The maximum atomic E-state index is 6.65. The van der Waals surface area contributed by atoms with Crippen LogP contribution in [0.2, 0.25) is 0 Å². The average Bonchev–Trinajstić information content (AvgIpc) is 3.60. The van der Waals surface area contributed by atoms with Gasteiger partial charge in [0.2, 0.25) is 0 Å². The molecule has 1 saturated heterocycles. The predicted molar refractivity (Wildman–Crippen MR) is 139 cm³/mol. The highest BCUT2D eigenvalue weighted by Gasteiger charge is 2.82. The summed E-state index contributed by atoms with van der Waals surface area (Å²) in [4.78, 5) is 0. The molecular formula is C34H30O. The molecular weight excluding hydrogens is 424 g/mol. The van der Waals surface area contributed by atoms with E-state index in [1.165, 1.54) is 33.4 Å². The minimum atomic E-state index is -0.151. The molecule has 0 amide bonds. The van der Waals surface area contributed by atoms with E-state index in [4.69, 9.17) is 4.74 Å². The van der Waals surface area contributed by atoms with Crippen molar-refractivity contribution in [2.24, 2.45) is 16.2 Å². The lowest BCUT2D eigenvalue weighted by Crippen LogP contribution is -2.50. The van der Waals surface area contributed by atoms with Crippen LogP contribution in [0, 0.1) is 16.2 Å². The van der Waals surface area contributed by atoms with Gasteiger partial charge in [-0.05, 0) is 33.4 Å². The van der Waals surface area contributed by atoms with Crippen molar-refractivity contribution in [2.45, 2.75) is 56.1 Å². The first kappa shape index (κ1) is 19.3. The Morgan fingerprint density at radius 3 is 1.40 bits per heavy atom. The zero-order valence-electron chi connectivity index (χ0n) is 20.8. The molecule has 2 bridgehead atoms. The van der Waals surface area contributed by atoms with Gasteiger partial charge in [-0.1, -0.05) is 125 Å². The SMILES string of the molecule is CC12c3ccccc3[C@]3(C)C4=CC56C=CC=CC5(C=C4[C@](C)(c4ccccc41)C23C)[C@@H]1C=C[C@H]6O1. The molecule has 5 aliphatic carbocycles. The van der Waals surface area contributed by atoms with Crippen molar-refractivity contribution in [1.29, 1.82) is 0 Å². The number of hydrogen-bond acceptors (Lipinski definition) is 1. The number of ether oxygens (including phenoxy) is 1. The third kappa shape index (κ3) is 1.44. The van der Waals surface area contributed by atoms with Crippen molar-refractivity contribution in [3.05, 3.63) is 131 Å². The Bertz CT molecular complexity index is 1450. The number of benzene rings is 2. The van der Waals surface area contributed by atoms with Gasteiger partial charge in [0.15, 0.2) is 0 Å². The Kier molecular flexibility index (Phi) is 2.83. The molecule has 35 heavy (non-hydrogen) atoms. The van der Waals surface area contributed by atoms with Crippen LogP contribution in [-0.2, 0) is 21.0 Å². The van der Waals surface area contributed by atoms with Crippen molar-refractivity contribution >= 4 is 0 Å². The minimum absolute atomic E-state index is 0.0200. The zero-order chi connectivity index (χ0) is 23.6. The summed E-state index contributed by atoms with van der Waals surface area (Å²) in [5, 5.41) is 0. The normalized spacial score (nSPS) is 49.7. The topological polar surface area (TPSA) is 9.23 Å². The Morgan fingerprint density at radius 2 is 0.971 bits per heavy atom. The first-order valence-corrected chi connectivity index (χ1v) is 13.2. The molecule has 0 N–H and O–H groups in total. The van der Waals surface area contributed by atoms with E-state index in [1.807, 2.05) is 0 Å². The molecule has 1 saturated carbocycles. The highest BCUT2D eigenvalue weighted by Crippen LogP contribution is 2.85. The lowest BCUT2D eigenvalue weighted by atomic mass is 9.51. The molecule has 7 aliphatic rings. The van der Waals surface area contributed by atoms with Crippen LogP contribution in [0.4, 0.5) is 0 Å². The van der Waals surface area contributed by atoms with E-state index in [-0.39, 0.29) is 44.7 Å². The smallest absolute Gasteiger partial charge is 0.0903 e. The first-order chi connectivity index (χ1) is 16.8. The zero-order valence-corrected chi connectivity index (χ0v) is 20.8. The van der Waals surface area contributed by atoms with Gasteiger partial charge in [0, 0.05) is 21.7 Å². The Hall–Kier alpha value is -2.90. The van der Waals surface area contributed by atoms with E-state index in [2.05, 4.69) is 125 Å². The molecule has 172 valence electrons. The van der Waals surface area contributed by atoms with Crippen LogP contribution in [0.15, 0.2) is 108 Å². The van der Waals surface area contributed by atoms with E-state index in [0.29, 0.717) is 0 Å². The van der Waals surface area contributed by atoms with Crippen LogP contribution in [0.3, 0.4) is 0 Å². The Labute approximate surface area is 207 Å². The van der Waals surface area contributed by atoms with Gasteiger partial charge in [-0.15, -0.1) is 0 Å². The summed E-state index contributed by atoms with van der Waals surface area (Å²) in [6.07, 6.45) is 19.5. The molecule has 0 radical (unpaired) electrons. The fraction of sp³-hybridized carbons (Fsp3) is 0.353. The number of fused-ring (bicyclic) bond motifs is 11. The second-order valence-corrected chi connectivity index (χ2v) is 12.7. The fourth-order valence-electron chi connectivity index (χ4n) is 10.6. The van der Waals surface area contributed by atoms with E-state index in [0.717, 1.165) is 0 Å². The molecule has 0 aromatic heterocycles. The molecule has 8 atom stereocenters. The van der Waals surface area contributed by atoms with Crippen molar-refractivity contribution in [1.82, 2.24) is 0 Å². The summed E-state index contributed by atoms with van der Waals surface area (Å²) in [5.41, 5.74) is 8.55. The van der Waals surface area contributed by atoms with Crippen LogP contribution >= 0.6 is 0 Å². The number of rotatable bonds is 0. The van der Waals surface area contributed by atoms with Crippen molar-refractivity contribution in [2.75, 3.05) is 0 Å². The van der Waals surface area contributed by atoms with Gasteiger partial charge in [0.1, 0.15) is 0 Å². The lowest BCUT2D eigenvalue weighted by Gasteiger charge is -2.49. The second kappa shape index (κ2) is 5.13. The third-order valence-electron chi connectivity index (χ3n) is 12.4. The highest BCUT2D eigenvalue weighted by molar-refractivity contribution is 5.80. The van der Waals surface area contributed by atoms with E-state index in [1.54, 1.807) is 0 Å². The number of allylic oxidation sites excluding steroid dienone is 4. The van der Waals surface area contributed by atoms with Crippen molar-refractivity contribution < 1.29 is 4.74 Å². The molecule has 1 nitrogen and oxygen atoms in total. The van der Waals surface area contributed by atoms with Crippen molar-refractivity contribution in [3.63, 3.8) is 0 Å². The average molecular weight is 455 g/mol. The quantitative estimate of drug-likeness (QED) is 0.395. The van der Waals surface area contributed by atoms with Crippen LogP contribution in [0.5, 0.6) is 0 Å². The second-order valence-electron chi connectivity index (χ2n) is 12.7. The molecule has 4 unspecified atom stereocenters. The van der Waals surface area contributed by atoms with Crippen LogP contribution in [0.1, 0.15) is 49.9 Å². The van der Waals surface area contributed by atoms with E-state index >= 15 is 0 Å². The number of hydrogen-bond donors (Lipinski definition) is 0. The summed E-state index contributed by atoms with van der Waals surface area (Å²) in [5.74, 6) is 0. The van der Waals surface area contributed by atoms with Gasteiger partial charge in [-0.3, -0.25) is 0 Å². The minimum Gasteiger partial charge on any atom is -0.364 e. The molecule has 9 rings (SSSR count). The maximum Gasteiger partial charge on any atom is 0.0903 e. The summed E-state index contributed by atoms with van der Waals surface area (Å²) in [7, 11) is 0. The summed E-state index contributed by atoms with van der Waals surface area (Å²) in [6, 6.07) is 18.7. The molecule has 2 fully saturated rings. The maximum absolute atomic E-state index is 6.65. The van der Waals surface area contributed by atoms with Crippen molar-refractivity contribution in [3.8, 4) is 0 Å². The third-order valence-corrected chi connectivity index (χ3v) is 12.4. The Morgan fingerprint density at radius 1 is 0.571 bits per heavy atom. The first-order valence-electron chi connectivity index (χ1n) is 13.2. The van der Waals surface area contributed by atoms with Gasteiger partial charge in [0.05, 0.1) is 23.0 Å². The summed E-state index contributed by atoms with van der Waals surface area (Å²) >= 11 is 0. The molecule has 0 spiro atoms. The van der Waals surface area contributed by atoms with Gasteiger partial charge < -0.3 is 4.74 Å². The molecule has 2 heterocycles. The van der Waals surface area contributed by atoms with Crippen LogP contribution in [0.25, 0.3) is 0 Å². The Balaban J connectivity index is 1.49. The lowest BCUT2D eigenvalue weighted by molar-refractivity contribution is 0.0949. The fourth-order valence-corrected chi connectivity index (χ4v) is 10.6.